The van der Waals surface area contributed by atoms with Gasteiger partial charge >= 0.3 is 5.97 Å². The number of rotatable bonds is 5. The van der Waals surface area contributed by atoms with Crippen molar-refractivity contribution in [1.29, 1.82) is 0 Å². The number of likely N-dealkylation sites (tertiary alicyclic amines) is 1. The first kappa shape index (κ1) is 18.7. The lowest BCUT2D eigenvalue weighted by molar-refractivity contribution is -0.145. The highest BCUT2D eigenvalue weighted by Gasteiger charge is 2.29. The molecule has 1 fully saturated rings. The number of furan rings is 1. The van der Waals surface area contributed by atoms with Crippen molar-refractivity contribution in [3.63, 3.8) is 0 Å². The SMILES string of the molecule is CN(CC(=O)N1CCC(C(=O)O)CC1)C(=O)c1occc1-c1ccccc1. The number of carbonyl (C=O) groups is 3. The third-order valence-corrected chi connectivity index (χ3v) is 4.86. The fraction of sp³-hybridized carbons (Fsp3) is 0.350. The summed E-state index contributed by atoms with van der Waals surface area (Å²) in [5, 5.41) is 9.04. The summed E-state index contributed by atoms with van der Waals surface area (Å²) >= 11 is 0. The molecule has 142 valence electrons. The van der Waals surface area contributed by atoms with Crippen LogP contribution >= 0.6 is 0 Å². The maximum absolute atomic E-state index is 12.7. The van der Waals surface area contributed by atoms with Crippen LogP contribution in [0.1, 0.15) is 23.4 Å². The van der Waals surface area contributed by atoms with Crippen LogP contribution in [0.4, 0.5) is 0 Å². The van der Waals surface area contributed by atoms with Gasteiger partial charge in [0.1, 0.15) is 0 Å². The maximum atomic E-state index is 12.7. The van der Waals surface area contributed by atoms with E-state index in [-0.39, 0.29) is 24.1 Å². The van der Waals surface area contributed by atoms with Crippen molar-refractivity contribution in [2.45, 2.75) is 12.8 Å². The lowest BCUT2D eigenvalue weighted by atomic mass is 9.97. The Balaban J connectivity index is 1.63. The summed E-state index contributed by atoms with van der Waals surface area (Å²) in [7, 11) is 1.56. The molecule has 1 aliphatic rings. The van der Waals surface area contributed by atoms with Gasteiger partial charge in [-0.05, 0) is 24.5 Å². The summed E-state index contributed by atoms with van der Waals surface area (Å²) in [4.78, 5) is 39.2. The van der Waals surface area contributed by atoms with Crippen LogP contribution in [0.5, 0.6) is 0 Å². The van der Waals surface area contributed by atoms with Gasteiger partial charge in [-0.2, -0.15) is 0 Å². The Morgan fingerprint density at radius 2 is 1.81 bits per heavy atom. The molecule has 0 atom stereocenters. The van der Waals surface area contributed by atoms with Crippen LogP contribution in [0.25, 0.3) is 11.1 Å². The summed E-state index contributed by atoms with van der Waals surface area (Å²) < 4.78 is 5.39. The molecule has 0 saturated carbocycles. The molecule has 3 rings (SSSR count). The molecule has 7 nitrogen and oxygen atoms in total. The molecule has 2 aromatic rings. The van der Waals surface area contributed by atoms with Crippen molar-refractivity contribution in [2.24, 2.45) is 5.92 Å². The molecular weight excluding hydrogens is 348 g/mol. The van der Waals surface area contributed by atoms with Crippen molar-refractivity contribution < 1.29 is 23.9 Å². The number of carboxylic acid groups (broad SMARTS) is 1. The molecular formula is C20H22N2O5. The average molecular weight is 370 g/mol. The average Bonchev–Trinajstić information content (AvgIpc) is 3.17. The Bertz CT molecular complexity index is 822. The molecule has 2 heterocycles. The van der Waals surface area contributed by atoms with Crippen molar-refractivity contribution in [1.82, 2.24) is 9.80 Å². The Morgan fingerprint density at radius 1 is 1.15 bits per heavy atom. The van der Waals surface area contributed by atoms with E-state index in [1.807, 2.05) is 30.3 Å². The van der Waals surface area contributed by atoms with Crippen molar-refractivity contribution in [2.75, 3.05) is 26.7 Å². The molecule has 1 aliphatic heterocycles. The summed E-state index contributed by atoms with van der Waals surface area (Å²) in [6.07, 6.45) is 2.34. The van der Waals surface area contributed by atoms with Gasteiger partial charge in [-0.15, -0.1) is 0 Å². The first-order valence-corrected chi connectivity index (χ1v) is 8.86. The fourth-order valence-electron chi connectivity index (χ4n) is 3.24. The molecule has 0 unspecified atom stereocenters. The smallest absolute Gasteiger partial charge is 0.306 e. The van der Waals surface area contributed by atoms with E-state index in [9.17, 15) is 14.4 Å². The summed E-state index contributed by atoms with van der Waals surface area (Å²) in [6, 6.07) is 11.2. The Kier molecular flexibility index (Phi) is 5.59. The number of aliphatic carboxylic acids is 1. The third kappa shape index (κ3) is 4.19. The van der Waals surface area contributed by atoms with Gasteiger partial charge in [0.15, 0.2) is 5.76 Å². The lowest BCUT2D eigenvalue weighted by Gasteiger charge is -2.31. The molecule has 1 aromatic carbocycles. The number of hydrogen-bond acceptors (Lipinski definition) is 4. The normalized spacial score (nSPS) is 14.8. The van der Waals surface area contributed by atoms with Gasteiger partial charge in [0.05, 0.1) is 18.7 Å². The highest BCUT2D eigenvalue weighted by Crippen LogP contribution is 2.25. The van der Waals surface area contributed by atoms with Gasteiger partial charge in [0.2, 0.25) is 5.91 Å². The van der Waals surface area contributed by atoms with Crippen LogP contribution in [-0.4, -0.2) is 59.4 Å². The van der Waals surface area contributed by atoms with E-state index in [0.29, 0.717) is 31.5 Å². The summed E-state index contributed by atoms with van der Waals surface area (Å²) in [5.41, 5.74) is 1.55. The molecule has 1 aromatic heterocycles. The van der Waals surface area contributed by atoms with Crippen LogP contribution in [0, 0.1) is 5.92 Å². The molecule has 1 N–H and O–H groups in total. The Labute approximate surface area is 157 Å². The second-order valence-corrected chi connectivity index (χ2v) is 6.68. The van der Waals surface area contributed by atoms with E-state index in [0.717, 1.165) is 5.56 Å². The quantitative estimate of drug-likeness (QED) is 0.872. The van der Waals surface area contributed by atoms with Gasteiger partial charge in [-0.3, -0.25) is 14.4 Å². The number of hydrogen-bond donors (Lipinski definition) is 1. The molecule has 27 heavy (non-hydrogen) atoms. The van der Waals surface area contributed by atoms with Gasteiger partial charge in [-0.25, -0.2) is 0 Å². The van der Waals surface area contributed by atoms with Crippen LogP contribution in [0.3, 0.4) is 0 Å². The molecule has 0 aliphatic carbocycles. The summed E-state index contributed by atoms with van der Waals surface area (Å²) in [5.74, 6) is -1.58. The number of amides is 2. The number of piperidine rings is 1. The van der Waals surface area contributed by atoms with Crippen LogP contribution in [0.15, 0.2) is 47.1 Å². The fourth-order valence-corrected chi connectivity index (χ4v) is 3.24. The molecule has 0 radical (unpaired) electrons. The monoisotopic (exact) mass is 370 g/mol. The van der Waals surface area contributed by atoms with Gasteiger partial charge < -0.3 is 19.3 Å². The third-order valence-electron chi connectivity index (χ3n) is 4.86. The van der Waals surface area contributed by atoms with E-state index < -0.39 is 11.9 Å². The van der Waals surface area contributed by atoms with E-state index >= 15 is 0 Å². The molecule has 0 bridgehead atoms. The second-order valence-electron chi connectivity index (χ2n) is 6.68. The van der Waals surface area contributed by atoms with Crippen molar-refractivity contribution >= 4 is 17.8 Å². The van der Waals surface area contributed by atoms with Crippen molar-refractivity contribution in [3.8, 4) is 11.1 Å². The molecule has 7 heteroatoms. The minimum absolute atomic E-state index is 0.0779. The van der Waals surface area contributed by atoms with E-state index in [2.05, 4.69) is 0 Å². The predicted octanol–water partition coefficient (Wildman–Crippen LogP) is 2.34. The van der Waals surface area contributed by atoms with Crippen LogP contribution < -0.4 is 0 Å². The van der Waals surface area contributed by atoms with Gasteiger partial charge in [0, 0.05) is 25.7 Å². The zero-order chi connectivity index (χ0) is 19.4. The predicted molar refractivity (Wildman–Crippen MR) is 98.0 cm³/mol. The number of carboxylic acids is 1. The highest BCUT2D eigenvalue weighted by atomic mass is 16.4. The second kappa shape index (κ2) is 8.07. The van der Waals surface area contributed by atoms with E-state index in [4.69, 9.17) is 9.52 Å². The zero-order valence-electron chi connectivity index (χ0n) is 15.1. The first-order valence-electron chi connectivity index (χ1n) is 8.86. The Morgan fingerprint density at radius 3 is 2.44 bits per heavy atom. The highest BCUT2D eigenvalue weighted by molar-refractivity contribution is 5.99. The number of likely N-dealkylation sites (N-methyl/N-ethyl adjacent to an activating group) is 1. The van der Waals surface area contributed by atoms with E-state index in [1.54, 1.807) is 18.0 Å². The van der Waals surface area contributed by atoms with Crippen LogP contribution in [-0.2, 0) is 9.59 Å². The van der Waals surface area contributed by atoms with Gasteiger partial charge in [0.25, 0.3) is 5.91 Å². The topological polar surface area (TPSA) is 91.1 Å². The van der Waals surface area contributed by atoms with Gasteiger partial charge in [-0.1, -0.05) is 30.3 Å². The number of nitrogens with zero attached hydrogens (tertiary/aromatic N) is 2. The number of carbonyl (C=O) groups excluding carboxylic acids is 2. The van der Waals surface area contributed by atoms with E-state index in [1.165, 1.54) is 11.2 Å². The summed E-state index contributed by atoms with van der Waals surface area (Å²) in [6.45, 7) is 0.715. The van der Waals surface area contributed by atoms with Crippen LogP contribution in [0.2, 0.25) is 0 Å². The number of benzene rings is 1. The molecule has 2 amide bonds. The largest absolute Gasteiger partial charge is 0.481 e. The minimum atomic E-state index is -0.819. The zero-order valence-corrected chi connectivity index (χ0v) is 15.1. The maximum Gasteiger partial charge on any atom is 0.306 e. The lowest BCUT2D eigenvalue weighted by Crippen LogP contribution is -2.45. The molecule has 0 spiro atoms. The minimum Gasteiger partial charge on any atom is -0.481 e. The standard InChI is InChI=1S/C20H22N2O5/c1-21(13-17(23)22-10-7-15(8-11-22)20(25)26)19(24)18-16(9-12-27-18)14-5-3-2-4-6-14/h2-6,9,12,15H,7-8,10-11,13H2,1H3,(H,25,26). The Hall–Kier alpha value is -3.09. The first-order chi connectivity index (χ1) is 13.0. The van der Waals surface area contributed by atoms with Crippen molar-refractivity contribution in [3.05, 3.63) is 48.4 Å². The molecule has 1 saturated heterocycles.